The Labute approximate surface area is 249 Å². The third kappa shape index (κ3) is 36.5. The van der Waals surface area contributed by atoms with Crippen LogP contribution in [0.3, 0.4) is 0 Å². The fourth-order valence-electron chi connectivity index (χ4n) is 2.86. The lowest BCUT2D eigenvalue weighted by Gasteiger charge is -2.09. The predicted molar refractivity (Wildman–Crippen MR) is 150 cm³/mol. The topological polar surface area (TPSA) is 179 Å². The van der Waals surface area contributed by atoms with E-state index in [9.17, 15) is 9.59 Å². The third-order valence-electron chi connectivity index (χ3n) is 4.94. The summed E-state index contributed by atoms with van der Waals surface area (Å²) in [5, 5.41) is 19.7. The predicted octanol–water partition coefficient (Wildman–Crippen LogP) is -0.484. The molecule has 0 bridgehead atoms. The number of carboxylic acids is 1. The Morgan fingerprint density at radius 1 is 0.429 bits per heavy atom. The minimum Gasteiger partial charge on any atom is -0.481 e. The first-order valence-electron chi connectivity index (χ1n) is 14.5. The summed E-state index contributed by atoms with van der Waals surface area (Å²) in [7, 11) is 0. The first kappa shape index (κ1) is 40.5. The van der Waals surface area contributed by atoms with Crippen molar-refractivity contribution in [3.8, 4) is 0 Å². The lowest BCUT2D eigenvalue weighted by Crippen LogP contribution is -2.25. The first-order valence-corrected chi connectivity index (χ1v) is 14.5. The van der Waals surface area contributed by atoms with Crippen LogP contribution >= 0.6 is 0 Å². The van der Waals surface area contributed by atoms with Gasteiger partial charge in [0.1, 0.15) is 0 Å². The lowest BCUT2D eigenvalue weighted by atomic mass is 10.3. The van der Waals surface area contributed by atoms with Gasteiger partial charge in [-0.3, -0.25) is 9.59 Å². The van der Waals surface area contributed by atoms with E-state index in [1.807, 2.05) is 0 Å². The smallest absolute Gasteiger partial charge is 0.303 e. The van der Waals surface area contributed by atoms with E-state index >= 15 is 0 Å². The van der Waals surface area contributed by atoms with Crippen molar-refractivity contribution in [2.45, 2.75) is 19.3 Å². The van der Waals surface area contributed by atoms with Gasteiger partial charge in [0.25, 0.3) is 0 Å². The fraction of sp³-hybridized carbons (Fsp3) is 0.926. The van der Waals surface area contributed by atoms with E-state index in [0.29, 0.717) is 145 Å². The maximum atomic E-state index is 11.3. The fourth-order valence-corrected chi connectivity index (χ4v) is 2.86. The molecule has 0 unspecified atom stereocenters. The summed E-state index contributed by atoms with van der Waals surface area (Å²) in [4.78, 5) is 21.7. The number of carbonyl (C=O) groups excluding carboxylic acids is 1. The summed E-state index contributed by atoms with van der Waals surface area (Å²) in [6.45, 7) is 9.92. The molecule has 0 atom stereocenters. The Hall–Kier alpha value is -1.50. The van der Waals surface area contributed by atoms with E-state index in [1.54, 1.807) is 0 Å². The average Bonchev–Trinajstić information content (AvgIpc) is 2.98. The number of ether oxygens (including phenoxy) is 10. The Bertz CT molecular complexity index is 573. The summed E-state index contributed by atoms with van der Waals surface area (Å²) in [6, 6.07) is 0. The van der Waals surface area contributed by atoms with Gasteiger partial charge >= 0.3 is 5.97 Å². The van der Waals surface area contributed by atoms with Gasteiger partial charge in [-0.05, 0) is 6.42 Å². The van der Waals surface area contributed by atoms with E-state index in [-0.39, 0.29) is 25.4 Å². The molecule has 0 heterocycles. The molecule has 0 aromatic carbocycles. The number of nitrogens with one attached hydrogen (secondary N) is 1. The van der Waals surface area contributed by atoms with Crippen molar-refractivity contribution in [1.82, 2.24) is 5.32 Å². The van der Waals surface area contributed by atoms with E-state index in [4.69, 9.17) is 57.6 Å². The van der Waals surface area contributed by atoms with E-state index in [0.717, 1.165) is 0 Å². The molecule has 1 amide bonds. The van der Waals surface area contributed by atoms with E-state index in [2.05, 4.69) is 5.32 Å². The van der Waals surface area contributed by atoms with Crippen LogP contribution in [-0.4, -0.2) is 167 Å². The molecule has 0 saturated heterocycles. The number of aliphatic hydroxyl groups excluding tert-OH is 1. The van der Waals surface area contributed by atoms with E-state index < -0.39 is 5.97 Å². The minimum absolute atomic E-state index is 0.0104. The first-order chi connectivity index (χ1) is 20.7. The van der Waals surface area contributed by atoms with Gasteiger partial charge in [0.05, 0.1) is 139 Å². The van der Waals surface area contributed by atoms with Crippen LogP contribution < -0.4 is 5.32 Å². The molecule has 3 N–H and O–H groups in total. The van der Waals surface area contributed by atoms with Gasteiger partial charge in [-0.2, -0.15) is 0 Å². The van der Waals surface area contributed by atoms with Crippen LogP contribution in [0.4, 0.5) is 0 Å². The van der Waals surface area contributed by atoms with Gasteiger partial charge in [-0.1, -0.05) is 0 Å². The summed E-state index contributed by atoms with van der Waals surface area (Å²) in [5.74, 6) is -1.25. The van der Waals surface area contributed by atoms with Gasteiger partial charge < -0.3 is 62.9 Å². The Kier molecular flexibility index (Phi) is 34.4. The van der Waals surface area contributed by atoms with Gasteiger partial charge in [0.2, 0.25) is 5.91 Å². The lowest BCUT2D eigenvalue weighted by molar-refractivity contribution is -0.138. The number of aliphatic carboxylic acids is 1. The molecule has 42 heavy (non-hydrogen) atoms. The summed E-state index contributed by atoms with van der Waals surface area (Å²) >= 11 is 0. The normalized spacial score (nSPS) is 11.3. The SMILES string of the molecule is O=C(O)CCC(=O)NCCCOCCOCCOCCOCCOCCOCCOCCOCCOCCOCCO. The number of carbonyl (C=O) groups is 2. The Morgan fingerprint density at radius 3 is 1.00 bits per heavy atom. The maximum absolute atomic E-state index is 11.3. The quantitative estimate of drug-likeness (QED) is 0.0769. The zero-order valence-electron chi connectivity index (χ0n) is 25.0. The monoisotopic (exact) mass is 615 g/mol. The molecular formula is C27H53NO14. The van der Waals surface area contributed by atoms with Crippen molar-refractivity contribution in [2.24, 2.45) is 0 Å². The van der Waals surface area contributed by atoms with Crippen LogP contribution in [0.5, 0.6) is 0 Å². The van der Waals surface area contributed by atoms with Crippen molar-refractivity contribution in [3.05, 3.63) is 0 Å². The molecule has 0 aliphatic heterocycles. The molecule has 0 aliphatic carbocycles. The molecule has 0 fully saturated rings. The highest BCUT2D eigenvalue weighted by molar-refractivity contribution is 5.80. The van der Waals surface area contributed by atoms with Crippen LogP contribution in [0.2, 0.25) is 0 Å². The van der Waals surface area contributed by atoms with Crippen LogP contribution in [0.1, 0.15) is 19.3 Å². The number of amides is 1. The molecule has 0 rings (SSSR count). The number of hydrogen-bond donors (Lipinski definition) is 3. The van der Waals surface area contributed by atoms with Crippen molar-refractivity contribution in [1.29, 1.82) is 0 Å². The third-order valence-corrected chi connectivity index (χ3v) is 4.94. The van der Waals surface area contributed by atoms with Crippen LogP contribution in [0.15, 0.2) is 0 Å². The van der Waals surface area contributed by atoms with Gasteiger partial charge in [0.15, 0.2) is 0 Å². The second kappa shape index (κ2) is 35.7. The van der Waals surface area contributed by atoms with Crippen molar-refractivity contribution >= 4 is 11.9 Å². The van der Waals surface area contributed by atoms with Gasteiger partial charge in [0, 0.05) is 19.6 Å². The zero-order valence-corrected chi connectivity index (χ0v) is 25.0. The molecule has 0 radical (unpaired) electrons. The molecule has 0 saturated carbocycles. The average molecular weight is 616 g/mol. The summed E-state index contributed by atoms with van der Waals surface area (Å²) in [6.07, 6.45) is 0.477. The highest BCUT2D eigenvalue weighted by atomic mass is 16.6. The van der Waals surface area contributed by atoms with Crippen molar-refractivity contribution < 1.29 is 67.2 Å². The molecular weight excluding hydrogens is 562 g/mol. The molecule has 0 spiro atoms. The minimum atomic E-state index is -0.983. The standard InChI is InChI=1S/C27H53NO14/c29-5-7-34-9-11-36-13-15-38-17-19-40-21-23-42-25-24-41-22-20-39-18-16-37-14-12-35-10-8-33-6-1-4-28-26(30)2-3-27(31)32/h29H,1-25H2,(H,28,30)(H,31,32). The maximum Gasteiger partial charge on any atom is 0.303 e. The number of rotatable bonds is 36. The van der Waals surface area contributed by atoms with Crippen LogP contribution in [-0.2, 0) is 57.0 Å². The Morgan fingerprint density at radius 2 is 0.714 bits per heavy atom. The summed E-state index contributed by atoms with van der Waals surface area (Å²) < 4.78 is 53.7. The second-order valence-electron chi connectivity index (χ2n) is 8.44. The number of carboxylic acid groups (broad SMARTS) is 1. The molecule has 250 valence electrons. The van der Waals surface area contributed by atoms with Crippen LogP contribution in [0.25, 0.3) is 0 Å². The Balaban J connectivity index is 3.08. The number of hydrogen-bond acceptors (Lipinski definition) is 13. The largest absolute Gasteiger partial charge is 0.481 e. The van der Waals surface area contributed by atoms with Crippen molar-refractivity contribution in [3.63, 3.8) is 0 Å². The summed E-state index contributed by atoms with van der Waals surface area (Å²) in [5.41, 5.74) is 0. The molecule has 15 heteroatoms. The van der Waals surface area contributed by atoms with Crippen LogP contribution in [0, 0.1) is 0 Å². The van der Waals surface area contributed by atoms with Gasteiger partial charge in [-0.25, -0.2) is 0 Å². The molecule has 0 aromatic heterocycles. The number of aliphatic hydroxyl groups is 1. The molecule has 0 aliphatic rings. The second-order valence-corrected chi connectivity index (χ2v) is 8.44. The van der Waals surface area contributed by atoms with E-state index in [1.165, 1.54) is 0 Å². The molecule has 0 aromatic rings. The molecule has 15 nitrogen and oxygen atoms in total. The zero-order chi connectivity index (χ0) is 30.6. The highest BCUT2D eigenvalue weighted by Crippen LogP contribution is 1.90. The highest BCUT2D eigenvalue weighted by Gasteiger charge is 2.04. The van der Waals surface area contributed by atoms with Crippen molar-refractivity contribution in [2.75, 3.05) is 145 Å². The van der Waals surface area contributed by atoms with Gasteiger partial charge in [-0.15, -0.1) is 0 Å².